The molecule has 0 heterocycles. The second kappa shape index (κ2) is 12.8. The topological polar surface area (TPSA) is 52.0 Å². The molecule has 38 heavy (non-hydrogen) atoms. The van der Waals surface area contributed by atoms with Gasteiger partial charge in [-0.3, -0.25) is 0 Å². The van der Waals surface area contributed by atoms with E-state index in [9.17, 15) is 0 Å². The predicted octanol–water partition coefficient (Wildman–Crippen LogP) is 8.22. The number of benzene rings is 4. The third kappa shape index (κ3) is 7.07. The maximum atomic E-state index is 5.83. The molecular weight excluding hydrogens is 460 g/mol. The first-order valence-corrected chi connectivity index (χ1v) is 14.2. The summed E-state index contributed by atoms with van der Waals surface area (Å²) >= 11 is 0. The molecule has 0 aliphatic carbocycles. The third-order valence-corrected chi connectivity index (χ3v) is 8.49. The lowest BCUT2D eigenvalue weighted by molar-refractivity contribution is 0.727. The van der Waals surface area contributed by atoms with Crippen molar-refractivity contribution in [2.75, 3.05) is 11.5 Å². The highest BCUT2D eigenvalue weighted by molar-refractivity contribution is 5.43. The van der Waals surface area contributed by atoms with Crippen LogP contribution in [0.2, 0.25) is 0 Å². The fourth-order valence-corrected chi connectivity index (χ4v) is 5.51. The van der Waals surface area contributed by atoms with Crippen LogP contribution < -0.4 is 11.5 Å². The molecule has 0 aromatic heterocycles. The summed E-state index contributed by atoms with van der Waals surface area (Å²) in [4.78, 5) is 0. The number of rotatable bonds is 11. The monoisotopic (exact) mass is 504 g/mol. The van der Waals surface area contributed by atoms with Gasteiger partial charge in [0.05, 0.1) is 0 Å². The molecule has 0 saturated carbocycles. The molecule has 4 aromatic carbocycles. The lowest BCUT2D eigenvalue weighted by atomic mass is 9.90. The number of nitrogen functional groups attached to an aromatic ring is 2. The summed E-state index contributed by atoms with van der Waals surface area (Å²) < 4.78 is 0. The van der Waals surface area contributed by atoms with Crippen LogP contribution in [0.3, 0.4) is 0 Å². The number of nitrogens with two attached hydrogens (primary N) is 2. The minimum absolute atomic E-state index is 0.831. The van der Waals surface area contributed by atoms with E-state index in [2.05, 4.69) is 76.2 Å². The molecule has 0 bridgehead atoms. The maximum absolute atomic E-state index is 5.83. The lowest BCUT2D eigenvalue weighted by Crippen LogP contribution is -2.02. The van der Waals surface area contributed by atoms with Gasteiger partial charge in [0.25, 0.3) is 0 Å². The van der Waals surface area contributed by atoms with Gasteiger partial charge < -0.3 is 11.5 Å². The molecule has 0 unspecified atom stereocenters. The van der Waals surface area contributed by atoms with Crippen molar-refractivity contribution in [3.05, 3.63) is 128 Å². The largest absolute Gasteiger partial charge is 0.399 e. The van der Waals surface area contributed by atoms with Crippen LogP contribution in [0.5, 0.6) is 0 Å². The molecule has 4 N–H and O–H groups in total. The van der Waals surface area contributed by atoms with E-state index in [4.69, 9.17) is 11.5 Å². The Hall–Kier alpha value is -3.52. The third-order valence-electron chi connectivity index (χ3n) is 8.49. The van der Waals surface area contributed by atoms with Gasteiger partial charge in [0.1, 0.15) is 0 Å². The highest BCUT2D eigenvalue weighted by Crippen LogP contribution is 2.24. The smallest absolute Gasteiger partial charge is 0.0314 e. The second-order valence-electron chi connectivity index (χ2n) is 11.0. The molecule has 0 radical (unpaired) electrons. The molecule has 2 nitrogen and oxygen atoms in total. The number of anilines is 2. The average Bonchev–Trinajstić information content (AvgIpc) is 2.92. The second-order valence-corrected chi connectivity index (χ2v) is 11.0. The number of hydrogen-bond acceptors (Lipinski definition) is 2. The Morgan fingerprint density at radius 3 is 0.974 bits per heavy atom. The predicted molar refractivity (Wildman–Crippen MR) is 165 cm³/mol. The van der Waals surface area contributed by atoms with E-state index in [-0.39, 0.29) is 0 Å². The zero-order chi connectivity index (χ0) is 27.1. The van der Waals surface area contributed by atoms with Crippen LogP contribution in [0.1, 0.15) is 68.5 Å². The number of aryl methyl sites for hydroxylation is 6. The van der Waals surface area contributed by atoms with Gasteiger partial charge >= 0.3 is 0 Å². The fourth-order valence-electron chi connectivity index (χ4n) is 5.51. The summed E-state index contributed by atoms with van der Waals surface area (Å²) in [5.41, 5.74) is 27.8. The standard InChI is InChI=1S/C36H44N2/c1-25-27(3)33(15-9-29-11-21-35(37)22-12-29)19-17-31(25)7-5-6-8-32-18-20-34(28(4)26(32)2)16-10-30-13-23-36(38)24-14-30/h11-14,17-24H,5-10,15-16,37-38H2,1-4H3. The lowest BCUT2D eigenvalue weighted by Gasteiger charge is -2.15. The Bertz CT molecular complexity index is 1240. The summed E-state index contributed by atoms with van der Waals surface area (Å²) in [7, 11) is 0. The van der Waals surface area contributed by atoms with Crippen molar-refractivity contribution in [1.29, 1.82) is 0 Å². The Labute approximate surface area is 230 Å². The van der Waals surface area contributed by atoms with Gasteiger partial charge in [-0.1, -0.05) is 48.5 Å². The minimum atomic E-state index is 0.831. The molecule has 198 valence electrons. The molecule has 0 amide bonds. The molecule has 0 aliphatic heterocycles. The summed E-state index contributed by atoms with van der Waals surface area (Å²) in [5.74, 6) is 0. The van der Waals surface area contributed by atoms with Gasteiger partial charge in [0.15, 0.2) is 0 Å². The first kappa shape index (κ1) is 27.5. The molecule has 0 fully saturated rings. The van der Waals surface area contributed by atoms with Gasteiger partial charge in [-0.05, 0) is 159 Å². The van der Waals surface area contributed by atoms with E-state index in [0.29, 0.717) is 0 Å². The summed E-state index contributed by atoms with van der Waals surface area (Å²) in [6.07, 6.45) is 9.02. The van der Waals surface area contributed by atoms with Crippen LogP contribution in [-0.4, -0.2) is 0 Å². The fraction of sp³-hybridized carbons (Fsp3) is 0.333. The van der Waals surface area contributed by atoms with Crippen molar-refractivity contribution < 1.29 is 0 Å². The van der Waals surface area contributed by atoms with E-state index in [1.165, 1.54) is 68.5 Å². The van der Waals surface area contributed by atoms with Crippen LogP contribution in [0, 0.1) is 27.7 Å². The van der Waals surface area contributed by atoms with E-state index in [1.54, 1.807) is 0 Å². The SMILES string of the molecule is Cc1c(CCCCc2ccc(CCc3ccc(N)cc3)c(C)c2C)ccc(CCc2ccc(N)cc2)c1C. The van der Waals surface area contributed by atoms with Crippen molar-refractivity contribution in [2.45, 2.75) is 79.1 Å². The van der Waals surface area contributed by atoms with Gasteiger partial charge in [-0.15, -0.1) is 0 Å². The molecule has 0 atom stereocenters. The van der Waals surface area contributed by atoms with Crippen molar-refractivity contribution in [3.63, 3.8) is 0 Å². The molecule has 0 saturated heterocycles. The van der Waals surface area contributed by atoms with Crippen molar-refractivity contribution in [1.82, 2.24) is 0 Å². The minimum Gasteiger partial charge on any atom is -0.399 e. The van der Waals surface area contributed by atoms with Crippen molar-refractivity contribution in [3.8, 4) is 0 Å². The first-order chi connectivity index (χ1) is 18.3. The van der Waals surface area contributed by atoms with E-state index >= 15 is 0 Å². The van der Waals surface area contributed by atoms with Gasteiger partial charge in [0.2, 0.25) is 0 Å². The zero-order valence-corrected chi connectivity index (χ0v) is 23.7. The summed E-state index contributed by atoms with van der Waals surface area (Å²) in [6.45, 7) is 9.18. The Morgan fingerprint density at radius 1 is 0.368 bits per heavy atom. The Morgan fingerprint density at radius 2 is 0.658 bits per heavy atom. The van der Waals surface area contributed by atoms with Gasteiger partial charge in [-0.2, -0.15) is 0 Å². The number of hydrogen-bond donors (Lipinski definition) is 2. The number of unbranched alkanes of at least 4 members (excludes halogenated alkanes) is 1. The molecule has 0 aliphatic rings. The Balaban J connectivity index is 1.27. The van der Waals surface area contributed by atoms with Crippen LogP contribution >= 0.6 is 0 Å². The molecular formula is C36H44N2. The van der Waals surface area contributed by atoms with Gasteiger partial charge in [0, 0.05) is 11.4 Å². The Kier molecular flexibility index (Phi) is 9.29. The molecule has 0 spiro atoms. The van der Waals surface area contributed by atoms with E-state index < -0.39 is 0 Å². The van der Waals surface area contributed by atoms with Crippen LogP contribution in [0.15, 0.2) is 72.8 Å². The van der Waals surface area contributed by atoms with Crippen LogP contribution in [0.4, 0.5) is 11.4 Å². The van der Waals surface area contributed by atoms with Crippen molar-refractivity contribution in [2.24, 2.45) is 0 Å². The maximum Gasteiger partial charge on any atom is 0.0314 e. The molecule has 4 aromatic rings. The molecule has 2 heteroatoms. The average molecular weight is 505 g/mol. The normalized spacial score (nSPS) is 11.2. The highest BCUT2D eigenvalue weighted by Gasteiger charge is 2.09. The first-order valence-electron chi connectivity index (χ1n) is 14.2. The van der Waals surface area contributed by atoms with Crippen LogP contribution in [0.25, 0.3) is 0 Å². The van der Waals surface area contributed by atoms with Crippen molar-refractivity contribution >= 4 is 11.4 Å². The molecule has 4 rings (SSSR count). The quantitative estimate of drug-likeness (QED) is 0.160. The summed E-state index contributed by atoms with van der Waals surface area (Å²) in [5, 5.41) is 0. The summed E-state index contributed by atoms with van der Waals surface area (Å²) in [6, 6.07) is 26.0. The van der Waals surface area contributed by atoms with E-state index in [1.807, 2.05) is 24.3 Å². The highest BCUT2D eigenvalue weighted by atomic mass is 14.5. The van der Waals surface area contributed by atoms with Gasteiger partial charge in [-0.25, -0.2) is 0 Å². The van der Waals surface area contributed by atoms with Crippen LogP contribution in [-0.2, 0) is 38.5 Å². The zero-order valence-electron chi connectivity index (χ0n) is 23.7. The van der Waals surface area contributed by atoms with E-state index in [0.717, 1.165) is 49.9 Å².